The van der Waals surface area contributed by atoms with Crippen molar-refractivity contribution >= 4 is 11.9 Å². The minimum atomic E-state index is 0.407. The predicted octanol–water partition coefficient (Wildman–Crippen LogP) is 5.72. The molecule has 1 unspecified atom stereocenters. The minimum absolute atomic E-state index is 0.407. The Hall–Kier alpha value is -2.18. The van der Waals surface area contributed by atoms with Crippen LogP contribution in [0.1, 0.15) is 59.7 Å². The van der Waals surface area contributed by atoms with Crippen molar-refractivity contribution in [2.75, 3.05) is 13.1 Å². The minimum Gasteiger partial charge on any atom is -0.330 e. The summed E-state index contributed by atoms with van der Waals surface area (Å²) in [4.78, 5) is 8.75. The molecule has 2 heterocycles. The van der Waals surface area contributed by atoms with Crippen LogP contribution in [-0.4, -0.2) is 27.3 Å². The summed E-state index contributed by atoms with van der Waals surface area (Å²) in [5.74, 6) is 0. The normalized spacial score (nSPS) is 17.8. The Kier molecular flexibility index (Phi) is 7.42. The molecule has 33 heavy (non-hydrogen) atoms. The van der Waals surface area contributed by atoms with E-state index >= 15 is 0 Å². The molecule has 1 aromatic heterocycles. The van der Waals surface area contributed by atoms with Gasteiger partial charge in [-0.3, -0.25) is 9.88 Å². The number of fused-ring (bicyclic) bond motifs is 2. The molecule has 5 rings (SSSR count). The van der Waals surface area contributed by atoms with E-state index in [9.17, 15) is 0 Å². The van der Waals surface area contributed by atoms with Gasteiger partial charge in [-0.05, 0) is 97.6 Å². The van der Waals surface area contributed by atoms with E-state index in [1.54, 1.807) is 0 Å². The van der Waals surface area contributed by atoms with Gasteiger partial charge in [0.2, 0.25) is 0 Å². The number of aromatic nitrogens is 1. The van der Waals surface area contributed by atoms with Gasteiger partial charge >= 0.3 is 0 Å². The zero-order valence-electron chi connectivity index (χ0n) is 19.3. The van der Waals surface area contributed by atoms with E-state index in [0.717, 1.165) is 52.0 Å². The zero-order valence-corrected chi connectivity index (χ0v) is 20.1. The van der Waals surface area contributed by atoms with Crippen LogP contribution in [0.4, 0.5) is 0 Å². The summed E-state index contributed by atoms with van der Waals surface area (Å²) in [6.07, 6.45) is 7.76. The first-order chi connectivity index (χ1) is 16.3. The molecule has 0 radical (unpaired) electrons. The van der Waals surface area contributed by atoms with Crippen LogP contribution in [0.5, 0.6) is 0 Å². The fourth-order valence-corrected chi connectivity index (χ4v) is 6.11. The van der Waals surface area contributed by atoms with E-state index < -0.39 is 0 Å². The quantitative estimate of drug-likeness (QED) is 0.328. The Morgan fingerprint density at radius 1 is 0.939 bits per heavy atom. The molecule has 3 aromatic rings. The average molecular weight is 459 g/mol. The van der Waals surface area contributed by atoms with Crippen molar-refractivity contribution < 1.29 is 0 Å². The zero-order chi connectivity index (χ0) is 22.5. The standard InChI is InChI=1S/C28H34N4S/c29-16-3-4-18-31(27-11-5-9-23-10-6-17-30-28(23)27)19-22-12-14-26(15-13-22)33-32-20-24-7-1-2-8-25(24)21-32/h1-2,6-8,10,12-15,17,27H,3-5,9,11,16,18-21,29H2. The van der Waals surface area contributed by atoms with Crippen molar-refractivity contribution in [3.63, 3.8) is 0 Å². The molecule has 0 fully saturated rings. The van der Waals surface area contributed by atoms with E-state index in [2.05, 4.69) is 69.9 Å². The topological polar surface area (TPSA) is 45.4 Å². The van der Waals surface area contributed by atoms with Crippen LogP contribution in [0.15, 0.2) is 71.8 Å². The monoisotopic (exact) mass is 458 g/mol. The maximum Gasteiger partial charge on any atom is 0.0607 e. The number of hydrogen-bond donors (Lipinski definition) is 1. The summed E-state index contributed by atoms with van der Waals surface area (Å²) < 4.78 is 2.45. The summed E-state index contributed by atoms with van der Waals surface area (Å²) >= 11 is 1.87. The van der Waals surface area contributed by atoms with Crippen LogP contribution >= 0.6 is 11.9 Å². The van der Waals surface area contributed by atoms with Gasteiger partial charge in [0.05, 0.1) is 11.7 Å². The highest BCUT2D eigenvalue weighted by Crippen LogP contribution is 2.35. The second kappa shape index (κ2) is 10.8. The smallest absolute Gasteiger partial charge is 0.0607 e. The summed E-state index contributed by atoms with van der Waals surface area (Å²) in [5, 5.41) is 0. The Morgan fingerprint density at radius 3 is 2.45 bits per heavy atom. The highest BCUT2D eigenvalue weighted by atomic mass is 32.2. The summed E-state index contributed by atoms with van der Waals surface area (Å²) in [6.45, 7) is 4.84. The van der Waals surface area contributed by atoms with Crippen LogP contribution < -0.4 is 5.73 Å². The van der Waals surface area contributed by atoms with Crippen molar-refractivity contribution in [2.45, 2.75) is 62.7 Å². The van der Waals surface area contributed by atoms with Crippen LogP contribution in [-0.2, 0) is 26.1 Å². The molecule has 5 heteroatoms. The molecule has 2 N–H and O–H groups in total. The molecule has 172 valence electrons. The molecule has 0 spiro atoms. The summed E-state index contributed by atoms with van der Waals surface area (Å²) in [6, 6.07) is 22.7. The Balaban J connectivity index is 1.26. The lowest BCUT2D eigenvalue weighted by atomic mass is 9.90. The molecule has 2 aromatic carbocycles. The Bertz CT molecular complexity index is 1030. The molecule has 0 bridgehead atoms. The first-order valence-electron chi connectivity index (χ1n) is 12.3. The number of hydrogen-bond acceptors (Lipinski definition) is 5. The fourth-order valence-electron chi connectivity index (χ4n) is 5.15. The lowest BCUT2D eigenvalue weighted by molar-refractivity contribution is 0.163. The molecule has 1 atom stereocenters. The molecule has 4 nitrogen and oxygen atoms in total. The number of aryl methyl sites for hydroxylation is 1. The van der Waals surface area contributed by atoms with Crippen LogP contribution in [0.2, 0.25) is 0 Å². The number of rotatable bonds is 9. The molecule has 1 aliphatic heterocycles. The Labute approximate surface area is 202 Å². The van der Waals surface area contributed by atoms with Crippen molar-refractivity contribution in [3.05, 3.63) is 94.8 Å². The number of pyridine rings is 1. The van der Waals surface area contributed by atoms with Gasteiger partial charge in [-0.15, -0.1) is 0 Å². The highest BCUT2D eigenvalue weighted by molar-refractivity contribution is 7.97. The van der Waals surface area contributed by atoms with E-state index in [4.69, 9.17) is 10.7 Å². The van der Waals surface area contributed by atoms with Gasteiger partial charge < -0.3 is 5.73 Å². The second-order valence-electron chi connectivity index (χ2n) is 9.22. The maximum absolute atomic E-state index is 5.80. The summed E-state index contributed by atoms with van der Waals surface area (Å²) in [7, 11) is 0. The van der Waals surface area contributed by atoms with Gasteiger partial charge in [0.25, 0.3) is 0 Å². The lowest BCUT2D eigenvalue weighted by Gasteiger charge is -2.35. The molecule has 0 amide bonds. The summed E-state index contributed by atoms with van der Waals surface area (Å²) in [5.41, 5.74) is 12.8. The molecular weight excluding hydrogens is 424 g/mol. The van der Waals surface area contributed by atoms with E-state index in [0.29, 0.717) is 6.04 Å². The average Bonchev–Trinajstić information content (AvgIpc) is 3.27. The van der Waals surface area contributed by atoms with Crippen molar-refractivity contribution in [1.82, 2.24) is 14.2 Å². The van der Waals surface area contributed by atoms with Gasteiger partial charge in [0, 0.05) is 30.7 Å². The number of nitrogens with two attached hydrogens (primary N) is 1. The van der Waals surface area contributed by atoms with Crippen molar-refractivity contribution in [3.8, 4) is 0 Å². The molecular formula is C28H34N4S. The Morgan fingerprint density at radius 2 is 1.70 bits per heavy atom. The van der Waals surface area contributed by atoms with Crippen LogP contribution in [0.25, 0.3) is 0 Å². The first-order valence-corrected chi connectivity index (χ1v) is 13.0. The van der Waals surface area contributed by atoms with Gasteiger partial charge in [0.1, 0.15) is 0 Å². The second-order valence-corrected chi connectivity index (χ2v) is 10.4. The fraction of sp³-hybridized carbons (Fsp3) is 0.393. The van der Waals surface area contributed by atoms with Gasteiger partial charge in [-0.25, -0.2) is 4.31 Å². The first kappa shape index (κ1) is 22.6. The SMILES string of the molecule is NCCCCN(Cc1ccc(SN2Cc3ccccc3C2)cc1)C1CCCc2cccnc21. The van der Waals surface area contributed by atoms with Crippen molar-refractivity contribution in [2.24, 2.45) is 5.73 Å². The van der Waals surface area contributed by atoms with Crippen molar-refractivity contribution in [1.29, 1.82) is 0 Å². The lowest BCUT2D eigenvalue weighted by Crippen LogP contribution is -2.32. The van der Waals surface area contributed by atoms with Gasteiger partial charge in [-0.1, -0.05) is 42.5 Å². The van der Waals surface area contributed by atoms with Gasteiger partial charge in [-0.2, -0.15) is 0 Å². The third-order valence-corrected chi connectivity index (χ3v) is 7.86. The van der Waals surface area contributed by atoms with E-state index in [1.807, 2.05) is 18.1 Å². The maximum atomic E-state index is 5.80. The third kappa shape index (κ3) is 5.49. The van der Waals surface area contributed by atoms with E-state index in [1.165, 1.54) is 45.7 Å². The molecule has 0 saturated carbocycles. The van der Waals surface area contributed by atoms with Crippen LogP contribution in [0, 0.1) is 0 Å². The number of nitrogens with zero attached hydrogens (tertiary/aromatic N) is 3. The molecule has 0 saturated heterocycles. The van der Waals surface area contributed by atoms with Crippen LogP contribution in [0.3, 0.4) is 0 Å². The predicted molar refractivity (Wildman–Crippen MR) is 137 cm³/mol. The number of benzene rings is 2. The van der Waals surface area contributed by atoms with Gasteiger partial charge in [0.15, 0.2) is 0 Å². The number of unbranched alkanes of at least 4 members (excludes halogenated alkanes) is 1. The van der Waals surface area contributed by atoms with E-state index in [-0.39, 0.29) is 0 Å². The third-order valence-electron chi connectivity index (χ3n) is 6.86. The molecule has 2 aliphatic rings. The highest BCUT2D eigenvalue weighted by Gasteiger charge is 2.27. The largest absolute Gasteiger partial charge is 0.330 e. The molecule has 1 aliphatic carbocycles.